The van der Waals surface area contributed by atoms with E-state index in [0.717, 1.165) is 6.42 Å². The zero-order valence-corrected chi connectivity index (χ0v) is 15.6. The molecule has 130 valence electrons. The Morgan fingerprint density at radius 2 is 1.95 bits per heavy atom. The molecule has 1 aliphatic carbocycles. The second-order valence-corrected chi connectivity index (χ2v) is 8.81. The lowest BCUT2D eigenvalue weighted by Gasteiger charge is -2.33. The number of carbonyl (C=O) groups is 1. The summed E-state index contributed by atoms with van der Waals surface area (Å²) in [6.07, 6.45) is 4.53. The minimum absolute atomic E-state index is 0.301. The summed E-state index contributed by atoms with van der Waals surface area (Å²) in [6, 6.07) is 0.839. The fourth-order valence-electron chi connectivity index (χ4n) is 3.22. The summed E-state index contributed by atoms with van der Waals surface area (Å²) in [5.41, 5.74) is -0.0976. The molecule has 0 radical (unpaired) electrons. The Kier molecular flexibility index (Phi) is 6.72. The van der Waals surface area contributed by atoms with Gasteiger partial charge in [0, 0.05) is 18.6 Å². The van der Waals surface area contributed by atoms with Crippen molar-refractivity contribution in [3.63, 3.8) is 0 Å². The predicted molar refractivity (Wildman–Crippen MR) is 92.0 cm³/mol. The van der Waals surface area contributed by atoms with E-state index in [1.807, 2.05) is 20.8 Å². The van der Waals surface area contributed by atoms with Gasteiger partial charge in [0.2, 0.25) is 0 Å². The summed E-state index contributed by atoms with van der Waals surface area (Å²) in [5.74, 6) is 0.599. The van der Waals surface area contributed by atoms with Gasteiger partial charge < -0.3 is 15.4 Å². The number of carbonyl (C=O) groups excluding carboxylic acids is 1. The first kappa shape index (κ1) is 19.3. The van der Waals surface area contributed by atoms with Gasteiger partial charge in [-0.1, -0.05) is 34.1 Å². The average Bonchev–Trinajstić information content (AvgIpc) is 2.63. The fourth-order valence-corrected chi connectivity index (χ4v) is 3.22. The molecular weight excluding hydrogens is 276 g/mol. The fraction of sp³-hybridized carbons (Fsp3) is 0.944. The summed E-state index contributed by atoms with van der Waals surface area (Å²) in [6.45, 7) is 15.4. The van der Waals surface area contributed by atoms with Crippen molar-refractivity contribution in [2.24, 2.45) is 11.3 Å². The molecular formula is C18H36N2O2. The van der Waals surface area contributed by atoms with Crippen molar-refractivity contribution in [2.45, 2.75) is 91.8 Å². The van der Waals surface area contributed by atoms with E-state index in [1.54, 1.807) is 0 Å². The highest BCUT2D eigenvalue weighted by Crippen LogP contribution is 2.37. The van der Waals surface area contributed by atoms with Crippen LogP contribution < -0.4 is 10.6 Å². The Balaban J connectivity index is 2.52. The smallest absolute Gasteiger partial charge is 0.407 e. The van der Waals surface area contributed by atoms with Gasteiger partial charge >= 0.3 is 6.09 Å². The van der Waals surface area contributed by atoms with Crippen molar-refractivity contribution in [3.05, 3.63) is 0 Å². The largest absolute Gasteiger partial charge is 0.444 e. The number of hydrogen-bond donors (Lipinski definition) is 2. The molecule has 0 heterocycles. The van der Waals surface area contributed by atoms with E-state index >= 15 is 0 Å². The molecule has 0 spiro atoms. The number of rotatable bonds is 6. The number of ether oxygens (including phenoxy) is 1. The van der Waals surface area contributed by atoms with Crippen LogP contribution in [0.1, 0.15) is 74.1 Å². The molecule has 2 unspecified atom stereocenters. The van der Waals surface area contributed by atoms with E-state index in [2.05, 4.69) is 38.3 Å². The van der Waals surface area contributed by atoms with Gasteiger partial charge in [-0.2, -0.15) is 0 Å². The standard InChI is InChI=1S/C18H36N2O2/c1-13(2)11-14(12-19-16(21)22-17(3,4)5)20-15-9-8-10-18(15,6)7/h13-15,20H,8-12H2,1-7H3,(H,19,21). The predicted octanol–water partition coefficient (Wildman–Crippen LogP) is 4.09. The summed E-state index contributed by atoms with van der Waals surface area (Å²) < 4.78 is 5.33. The van der Waals surface area contributed by atoms with E-state index in [4.69, 9.17) is 4.74 Å². The first-order valence-electron chi connectivity index (χ1n) is 8.72. The van der Waals surface area contributed by atoms with Crippen LogP contribution in [-0.4, -0.2) is 30.3 Å². The Morgan fingerprint density at radius 3 is 2.41 bits per heavy atom. The molecule has 2 atom stereocenters. The average molecular weight is 312 g/mol. The van der Waals surface area contributed by atoms with Crippen LogP contribution >= 0.6 is 0 Å². The second-order valence-electron chi connectivity index (χ2n) is 8.81. The zero-order chi connectivity index (χ0) is 17.0. The molecule has 2 N–H and O–H groups in total. The molecule has 1 fully saturated rings. The van der Waals surface area contributed by atoms with Crippen LogP contribution in [0.3, 0.4) is 0 Å². The molecule has 0 saturated heterocycles. The lowest BCUT2D eigenvalue weighted by atomic mass is 9.86. The van der Waals surface area contributed by atoms with Crippen molar-refractivity contribution in [3.8, 4) is 0 Å². The van der Waals surface area contributed by atoms with Crippen LogP contribution in [-0.2, 0) is 4.74 Å². The van der Waals surface area contributed by atoms with Crippen LogP contribution in [0.15, 0.2) is 0 Å². The highest BCUT2D eigenvalue weighted by molar-refractivity contribution is 5.67. The Morgan fingerprint density at radius 1 is 1.32 bits per heavy atom. The van der Waals surface area contributed by atoms with Crippen LogP contribution in [0.4, 0.5) is 4.79 Å². The van der Waals surface area contributed by atoms with Crippen LogP contribution in [0.25, 0.3) is 0 Å². The molecule has 4 heteroatoms. The van der Waals surface area contributed by atoms with E-state index in [1.165, 1.54) is 19.3 Å². The van der Waals surface area contributed by atoms with Crippen molar-refractivity contribution < 1.29 is 9.53 Å². The zero-order valence-electron chi connectivity index (χ0n) is 15.6. The number of nitrogens with one attached hydrogen (secondary N) is 2. The first-order chi connectivity index (χ1) is 9.99. The van der Waals surface area contributed by atoms with Gasteiger partial charge in [-0.25, -0.2) is 4.79 Å². The van der Waals surface area contributed by atoms with Gasteiger partial charge in [0.15, 0.2) is 0 Å². The molecule has 1 amide bonds. The quantitative estimate of drug-likeness (QED) is 0.776. The minimum atomic E-state index is -0.446. The first-order valence-corrected chi connectivity index (χ1v) is 8.72. The lowest BCUT2D eigenvalue weighted by Crippen LogP contribution is -2.49. The molecule has 1 aliphatic rings. The maximum atomic E-state index is 11.9. The monoisotopic (exact) mass is 312 g/mol. The summed E-state index contributed by atoms with van der Waals surface area (Å²) in [4.78, 5) is 11.9. The Bertz CT molecular complexity index is 359. The highest BCUT2D eigenvalue weighted by Gasteiger charge is 2.35. The molecule has 0 aromatic carbocycles. The third-order valence-corrected chi connectivity index (χ3v) is 4.34. The number of hydrogen-bond acceptors (Lipinski definition) is 3. The summed E-state index contributed by atoms with van der Waals surface area (Å²) in [5, 5.41) is 6.71. The summed E-state index contributed by atoms with van der Waals surface area (Å²) >= 11 is 0. The topological polar surface area (TPSA) is 50.4 Å². The van der Waals surface area contributed by atoms with Crippen molar-refractivity contribution in [1.82, 2.24) is 10.6 Å². The van der Waals surface area contributed by atoms with Gasteiger partial charge in [0.25, 0.3) is 0 Å². The minimum Gasteiger partial charge on any atom is -0.444 e. The maximum absolute atomic E-state index is 11.9. The Labute approximate surface area is 136 Å². The summed E-state index contributed by atoms with van der Waals surface area (Å²) in [7, 11) is 0. The molecule has 1 rings (SSSR count). The van der Waals surface area contributed by atoms with Gasteiger partial charge in [0.1, 0.15) is 5.60 Å². The third kappa shape index (κ3) is 6.99. The number of alkyl carbamates (subject to hydrolysis) is 1. The van der Waals surface area contributed by atoms with Crippen molar-refractivity contribution in [1.29, 1.82) is 0 Å². The van der Waals surface area contributed by atoms with Gasteiger partial charge in [-0.15, -0.1) is 0 Å². The van der Waals surface area contributed by atoms with Crippen molar-refractivity contribution in [2.75, 3.05) is 6.54 Å². The second kappa shape index (κ2) is 7.67. The highest BCUT2D eigenvalue weighted by atomic mass is 16.6. The normalized spacial score (nSPS) is 22.6. The van der Waals surface area contributed by atoms with E-state index < -0.39 is 5.60 Å². The van der Waals surface area contributed by atoms with E-state index in [-0.39, 0.29) is 6.09 Å². The van der Waals surface area contributed by atoms with Crippen molar-refractivity contribution >= 4 is 6.09 Å². The van der Waals surface area contributed by atoms with E-state index in [0.29, 0.717) is 30.0 Å². The number of amides is 1. The molecule has 0 aromatic rings. The molecule has 0 aliphatic heterocycles. The van der Waals surface area contributed by atoms with Gasteiger partial charge in [-0.3, -0.25) is 0 Å². The molecule has 0 aromatic heterocycles. The van der Waals surface area contributed by atoms with Gasteiger partial charge in [-0.05, 0) is 51.4 Å². The molecule has 4 nitrogen and oxygen atoms in total. The van der Waals surface area contributed by atoms with Gasteiger partial charge in [0.05, 0.1) is 0 Å². The molecule has 22 heavy (non-hydrogen) atoms. The van der Waals surface area contributed by atoms with Crippen LogP contribution in [0.5, 0.6) is 0 Å². The molecule has 0 bridgehead atoms. The van der Waals surface area contributed by atoms with Crippen LogP contribution in [0, 0.1) is 11.3 Å². The van der Waals surface area contributed by atoms with E-state index in [9.17, 15) is 4.79 Å². The maximum Gasteiger partial charge on any atom is 0.407 e. The third-order valence-electron chi connectivity index (χ3n) is 4.34. The lowest BCUT2D eigenvalue weighted by molar-refractivity contribution is 0.0518. The van der Waals surface area contributed by atoms with Crippen LogP contribution in [0.2, 0.25) is 0 Å². The SMILES string of the molecule is CC(C)CC(CNC(=O)OC(C)(C)C)NC1CCCC1(C)C. The Hall–Kier alpha value is -0.770. The molecule has 1 saturated carbocycles.